The highest BCUT2D eigenvalue weighted by Crippen LogP contribution is 2.17. The Morgan fingerprint density at radius 1 is 1.32 bits per heavy atom. The van der Waals surface area contributed by atoms with Crippen LogP contribution in [-0.4, -0.2) is 33.8 Å². The Labute approximate surface area is 109 Å². The molecular weight excluding hydrogens is 242 g/mol. The van der Waals surface area contributed by atoms with Gasteiger partial charge in [-0.25, -0.2) is 9.67 Å². The summed E-state index contributed by atoms with van der Waals surface area (Å²) in [5.74, 6) is 0.417. The summed E-state index contributed by atoms with van der Waals surface area (Å²) in [6, 6.07) is 7.38. The fourth-order valence-electron chi connectivity index (χ4n) is 1.90. The third-order valence-corrected chi connectivity index (χ3v) is 2.91. The fourth-order valence-corrected chi connectivity index (χ4v) is 1.90. The standard InChI is InChI=1S/C13H13N5O/c1-17(2)9-4-5-11-10(8-9)12(19)16-13(15-11)18-7-3-6-14-18/h3-8H,1-2H3,(H,15,16,19). The average molecular weight is 255 g/mol. The predicted molar refractivity (Wildman–Crippen MR) is 73.8 cm³/mol. The van der Waals surface area contributed by atoms with E-state index in [1.54, 1.807) is 18.5 Å². The minimum absolute atomic E-state index is 0.167. The van der Waals surface area contributed by atoms with Crippen LogP contribution < -0.4 is 10.5 Å². The van der Waals surface area contributed by atoms with Crippen LogP contribution in [0.15, 0.2) is 41.5 Å². The van der Waals surface area contributed by atoms with Gasteiger partial charge in [0, 0.05) is 32.2 Å². The highest BCUT2D eigenvalue weighted by molar-refractivity contribution is 5.82. The van der Waals surface area contributed by atoms with Crippen molar-refractivity contribution in [3.63, 3.8) is 0 Å². The topological polar surface area (TPSA) is 66.8 Å². The molecule has 0 saturated heterocycles. The zero-order chi connectivity index (χ0) is 13.4. The monoisotopic (exact) mass is 255 g/mol. The summed E-state index contributed by atoms with van der Waals surface area (Å²) in [5, 5.41) is 4.63. The van der Waals surface area contributed by atoms with E-state index in [0.29, 0.717) is 16.9 Å². The van der Waals surface area contributed by atoms with Crippen molar-refractivity contribution >= 4 is 16.6 Å². The minimum atomic E-state index is -0.167. The molecule has 3 aromatic rings. The number of H-pyrrole nitrogens is 1. The summed E-state index contributed by atoms with van der Waals surface area (Å²) in [7, 11) is 3.86. The molecule has 2 heterocycles. The SMILES string of the molecule is CN(C)c1ccc2nc(-n3cccn3)[nH]c(=O)c2c1. The van der Waals surface area contributed by atoms with E-state index in [1.165, 1.54) is 4.68 Å². The lowest BCUT2D eigenvalue weighted by molar-refractivity contribution is 0.810. The first-order valence-electron chi connectivity index (χ1n) is 5.86. The van der Waals surface area contributed by atoms with Gasteiger partial charge < -0.3 is 4.90 Å². The number of rotatable bonds is 2. The third kappa shape index (κ3) is 1.97. The number of aromatic amines is 1. The van der Waals surface area contributed by atoms with E-state index in [2.05, 4.69) is 15.1 Å². The lowest BCUT2D eigenvalue weighted by atomic mass is 10.2. The highest BCUT2D eigenvalue weighted by atomic mass is 16.1. The maximum atomic E-state index is 12.1. The van der Waals surface area contributed by atoms with Gasteiger partial charge in [-0.15, -0.1) is 0 Å². The number of nitrogens with zero attached hydrogens (tertiary/aromatic N) is 4. The predicted octanol–water partition coefficient (Wildman–Crippen LogP) is 1.17. The molecular formula is C13H13N5O. The van der Waals surface area contributed by atoms with Gasteiger partial charge in [0.15, 0.2) is 0 Å². The second-order valence-electron chi connectivity index (χ2n) is 4.44. The number of nitrogens with one attached hydrogen (secondary N) is 1. The molecule has 1 aromatic carbocycles. The second kappa shape index (κ2) is 4.24. The minimum Gasteiger partial charge on any atom is -0.378 e. The van der Waals surface area contributed by atoms with Gasteiger partial charge in [-0.1, -0.05) is 0 Å². The molecule has 0 unspecified atom stereocenters. The molecule has 0 saturated carbocycles. The Morgan fingerprint density at radius 3 is 2.84 bits per heavy atom. The van der Waals surface area contributed by atoms with E-state index >= 15 is 0 Å². The zero-order valence-corrected chi connectivity index (χ0v) is 10.7. The lowest BCUT2D eigenvalue weighted by Gasteiger charge is -2.12. The van der Waals surface area contributed by atoms with Crippen molar-refractivity contribution in [3.8, 4) is 5.95 Å². The zero-order valence-electron chi connectivity index (χ0n) is 10.7. The van der Waals surface area contributed by atoms with E-state index in [4.69, 9.17) is 0 Å². The average Bonchev–Trinajstić information content (AvgIpc) is 2.92. The lowest BCUT2D eigenvalue weighted by Crippen LogP contribution is -2.15. The number of benzene rings is 1. The molecule has 0 aliphatic rings. The summed E-state index contributed by atoms with van der Waals surface area (Å²) in [6.45, 7) is 0. The van der Waals surface area contributed by atoms with Crippen LogP contribution in [0.2, 0.25) is 0 Å². The van der Waals surface area contributed by atoms with Gasteiger partial charge in [-0.05, 0) is 24.3 Å². The number of aromatic nitrogens is 4. The molecule has 0 spiro atoms. The Kier molecular flexibility index (Phi) is 2.56. The maximum absolute atomic E-state index is 12.1. The van der Waals surface area contributed by atoms with Crippen LogP contribution in [-0.2, 0) is 0 Å². The van der Waals surface area contributed by atoms with E-state index in [9.17, 15) is 4.79 Å². The molecule has 96 valence electrons. The molecule has 1 N–H and O–H groups in total. The van der Waals surface area contributed by atoms with Crippen LogP contribution in [0.4, 0.5) is 5.69 Å². The smallest absolute Gasteiger partial charge is 0.260 e. The highest BCUT2D eigenvalue weighted by Gasteiger charge is 2.07. The number of fused-ring (bicyclic) bond motifs is 1. The summed E-state index contributed by atoms with van der Waals surface area (Å²) >= 11 is 0. The van der Waals surface area contributed by atoms with Crippen LogP contribution >= 0.6 is 0 Å². The molecule has 0 amide bonds. The maximum Gasteiger partial charge on any atom is 0.260 e. The quantitative estimate of drug-likeness (QED) is 0.746. The van der Waals surface area contributed by atoms with Crippen molar-refractivity contribution in [2.75, 3.05) is 19.0 Å². The van der Waals surface area contributed by atoms with Crippen molar-refractivity contribution in [3.05, 3.63) is 47.0 Å². The van der Waals surface area contributed by atoms with Gasteiger partial charge >= 0.3 is 0 Å². The normalized spacial score (nSPS) is 10.8. The molecule has 6 nitrogen and oxygen atoms in total. The van der Waals surface area contributed by atoms with Crippen LogP contribution in [0.25, 0.3) is 16.9 Å². The van der Waals surface area contributed by atoms with E-state index < -0.39 is 0 Å². The number of hydrogen-bond donors (Lipinski definition) is 1. The van der Waals surface area contributed by atoms with Crippen molar-refractivity contribution in [1.29, 1.82) is 0 Å². The van der Waals surface area contributed by atoms with E-state index in [0.717, 1.165) is 5.69 Å². The van der Waals surface area contributed by atoms with Gasteiger partial charge in [0.2, 0.25) is 5.95 Å². The second-order valence-corrected chi connectivity index (χ2v) is 4.44. The molecule has 3 rings (SSSR count). The van der Waals surface area contributed by atoms with E-state index in [-0.39, 0.29) is 5.56 Å². The van der Waals surface area contributed by atoms with Crippen LogP contribution in [0.1, 0.15) is 0 Å². The van der Waals surface area contributed by atoms with Crippen molar-refractivity contribution in [2.24, 2.45) is 0 Å². The van der Waals surface area contributed by atoms with Crippen LogP contribution in [0, 0.1) is 0 Å². The summed E-state index contributed by atoms with van der Waals surface area (Å²) in [4.78, 5) is 21.2. The Balaban J connectivity index is 2.23. The molecule has 0 fully saturated rings. The first-order chi connectivity index (χ1) is 9.15. The number of hydrogen-bond acceptors (Lipinski definition) is 4. The molecule has 0 aliphatic carbocycles. The molecule has 0 radical (unpaired) electrons. The Hall–Kier alpha value is -2.63. The molecule has 0 atom stereocenters. The molecule has 0 aliphatic heterocycles. The van der Waals surface area contributed by atoms with Crippen molar-refractivity contribution in [2.45, 2.75) is 0 Å². The molecule has 0 bridgehead atoms. The van der Waals surface area contributed by atoms with Gasteiger partial charge in [0.1, 0.15) is 0 Å². The van der Waals surface area contributed by atoms with Gasteiger partial charge in [0.25, 0.3) is 5.56 Å². The van der Waals surface area contributed by atoms with Crippen molar-refractivity contribution < 1.29 is 0 Å². The number of anilines is 1. The summed E-state index contributed by atoms with van der Waals surface area (Å²) < 4.78 is 1.53. The largest absolute Gasteiger partial charge is 0.378 e. The van der Waals surface area contributed by atoms with E-state index in [1.807, 2.05) is 37.2 Å². The summed E-state index contributed by atoms with van der Waals surface area (Å²) in [6.07, 6.45) is 3.37. The van der Waals surface area contributed by atoms with Crippen LogP contribution in [0.3, 0.4) is 0 Å². The third-order valence-electron chi connectivity index (χ3n) is 2.91. The first kappa shape index (κ1) is 11.5. The van der Waals surface area contributed by atoms with Crippen LogP contribution in [0.5, 0.6) is 0 Å². The molecule has 19 heavy (non-hydrogen) atoms. The molecule has 6 heteroatoms. The Morgan fingerprint density at radius 2 is 2.16 bits per heavy atom. The Bertz CT molecular complexity index is 773. The fraction of sp³-hybridized carbons (Fsp3) is 0.154. The van der Waals surface area contributed by atoms with Crippen molar-refractivity contribution in [1.82, 2.24) is 19.7 Å². The molecule has 2 aromatic heterocycles. The summed E-state index contributed by atoms with van der Waals surface area (Å²) in [5.41, 5.74) is 1.45. The van der Waals surface area contributed by atoms with Gasteiger partial charge in [-0.3, -0.25) is 9.78 Å². The van der Waals surface area contributed by atoms with Gasteiger partial charge in [0.05, 0.1) is 10.9 Å². The first-order valence-corrected chi connectivity index (χ1v) is 5.86. The van der Waals surface area contributed by atoms with Gasteiger partial charge in [-0.2, -0.15) is 5.10 Å².